The Hall–Kier alpha value is -1.42. The number of methoxy groups -OCH3 is 1. The summed E-state index contributed by atoms with van der Waals surface area (Å²) in [7, 11) is 1.40. The van der Waals surface area contributed by atoms with Crippen LogP contribution in [0.5, 0.6) is 5.75 Å². The number of nitrogens with two attached hydrogens (primary N) is 1. The van der Waals surface area contributed by atoms with Gasteiger partial charge in [-0.1, -0.05) is 6.42 Å². The molecule has 98 valence electrons. The first-order valence-corrected chi connectivity index (χ1v) is 6.25. The Morgan fingerprint density at radius 1 is 1.50 bits per heavy atom. The summed E-state index contributed by atoms with van der Waals surface area (Å²) in [6.45, 7) is 0.523. The maximum atomic E-state index is 13.6. The average Bonchev–Trinajstić information content (AvgIpc) is 2.86. The van der Waals surface area contributed by atoms with E-state index in [1.165, 1.54) is 19.2 Å². The zero-order chi connectivity index (χ0) is 13.1. The third kappa shape index (κ3) is 2.38. The Kier molecular flexibility index (Phi) is 3.97. The highest BCUT2D eigenvalue weighted by atomic mass is 19.1. The van der Waals surface area contributed by atoms with Crippen molar-refractivity contribution < 1.29 is 13.9 Å². The van der Waals surface area contributed by atoms with E-state index >= 15 is 0 Å². The second-order valence-electron chi connectivity index (χ2n) is 4.75. The van der Waals surface area contributed by atoms with Crippen LogP contribution in [0.3, 0.4) is 0 Å². The third-order valence-electron chi connectivity index (χ3n) is 3.73. The van der Waals surface area contributed by atoms with Crippen molar-refractivity contribution in [3.8, 4) is 5.75 Å². The molecule has 2 N–H and O–H groups in total. The van der Waals surface area contributed by atoms with Gasteiger partial charge in [0.05, 0.1) is 7.11 Å². The number of hydrogen-bond acceptors (Lipinski definition) is 3. The lowest BCUT2D eigenvalue weighted by molar-refractivity contribution is 0.0893. The summed E-state index contributed by atoms with van der Waals surface area (Å²) in [5.74, 6) is -0.144. The second-order valence-corrected chi connectivity index (χ2v) is 4.75. The molecule has 0 spiro atoms. The Balaban J connectivity index is 2.21. The lowest BCUT2D eigenvalue weighted by atomic mass is 9.88. The number of carbonyl (C=O) groups excluding carboxylic acids is 1. The van der Waals surface area contributed by atoms with Crippen molar-refractivity contribution in [3.05, 3.63) is 29.6 Å². The van der Waals surface area contributed by atoms with E-state index in [1.807, 2.05) is 0 Å². The number of Topliss-reactive ketones (excluding diaryl/α,β-unsaturated/α-hetero) is 1. The van der Waals surface area contributed by atoms with Gasteiger partial charge in [0.15, 0.2) is 17.3 Å². The van der Waals surface area contributed by atoms with E-state index in [0.29, 0.717) is 12.1 Å². The molecule has 2 rings (SSSR count). The molecule has 3 nitrogen and oxygen atoms in total. The molecule has 2 unspecified atom stereocenters. The van der Waals surface area contributed by atoms with Crippen molar-refractivity contribution in [1.29, 1.82) is 0 Å². The molecule has 1 saturated carbocycles. The SMILES string of the molecule is COc1ccc(C(=O)C2CCCC2CN)cc1F. The maximum Gasteiger partial charge on any atom is 0.166 e. The lowest BCUT2D eigenvalue weighted by Crippen LogP contribution is -2.25. The number of ether oxygens (including phenoxy) is 1. The Morgan fingerprint density at radius 3 is 2.89 bits per heavy atom. The van der Waals surface area contributed by atoms with Gasteiger partial charge >= 0.3 is 0 Å². The number of halogens is 1. The summed E-state index contributed by atoms with van der Waals surface area (Å²) in [5, 5.41) is 0. The monoisotopic (exact) mass is 251 g/mol. The number of rotatable bonds is 4. The molecule has 18 heavy (non-hydrogen) atoms. The first-order valence-electron chi connectivity index (χ1n) is 6.25. The van der Waals surface area contributed by atoms with Crippen LogP contribution in [0.2, 0.25) is 0 Å². The molecule has 0 heterocycles. The van der Waals surface area contributed by atoms with Gasteiger partial charge in [0, 0.05) is 11.5 Å². The van der Waals surface area contributed by atoms with Crippen LogP contribution < -0.4 is 10.5 Å². The van der Waals surface area contributed by atoms with Crippen LogP contribution in [0, 0.1) is 17.7 Å². The van der Waals surface area contributed by atoms with Crippen LogP contribution in [0.4, 0.5) is 4.39 Å². The van der Waals surface area contributed by atoms with E-state index < -0.39 is 5.82 Å². The molecular weight excluding hydrogens is 233 g/mol. The van der Waals surface area contributed by atoms with E-state index in [0.717, 1.165) is 19.3 Å². The number of hydrogen-bond donors (Lipinski definition) is 1. The van der Waals surface area contributed by atoms with E-state index in [1.54, 1.807) is 6.07 Å². The highest BCUT2D eigenvalue weighted by Gasteiger charge is 2.32. The zero-order valence-corrected chi connectivity index (χ0v) is 10.5. The van der Waals surface area contributed by atoms with Gasteiger partial charge in [-0.3, -0.25) is 4.79 Å². The fraction of sp³-hybridized carbons (Fsp3) is 0.500. The van der Waals surface area contributed by atoms with Crippen molar-refractivity contribution in [2.75, 3.05) is 13.7 Å². The molecular formula is C14H18FNO2. The first-order chi connectivity index (χ1) is 8.67. The quantitative estimate of drug-likeness (QED) is 0.836. The van der Waals surface area contributed by atoms with Crippen LogP contribution in [-0.4, -0.2) is 19.4 Å². The van der Waals surface area contributed by atoms with Crippen molar-refractivity contribution in [3.63, 3.8) is 0 Å². The molecule has 0 saturated heterocycles. The van der Waals surface area contributed by atoms with Crippen LogP contribution >= 0.6 is 0 Å². The normalized spacial score (nSPS) is 23.1. The third-order valence-corrected chi connectivity index (χ3v) is 3.73. The van der Waals surface area contributed by atoms with Gasteiger partial charge in [-0.2, -0.15) is 0 Å². The smallest absolute Gasteiger partial charge is 0.166 e. The minimum Gasteiger partial charge on any atom is -0.494 e. The summed E-state index contributed by atoms with van der Waals surface area (Å²) < 4.78 is 18.4. The number of carbonyl (C=O) groups is 1. The average molecular weight is 251 g/mol. The molecule has 1 aliphatic rings. The molecule has 1 fully saturated rings. The number of benzene rings is 1. The Labute approximate surface area is 106 Å². The van der Waals surface area contributed by atoms with E-state index in [4.69, 9.17) is 10.5 Å². The molecule has 4 heteroatoms. The molecule has 0 radical (unpaired) electrons. The second kappa shape index (κ2) is 5.48. The molecule has 0 aliphatic heterocycles. The van der Waals surface area contributed by atoms with Crippen LogP contribution in [0.25, 0.3) is 0 Å². The maximum absolute atomic E-state index is 13.6. The van der Waals surface area contributed by atoms with E-state index in [2.05, 4.69) is 0 Å². The summed E-state index contributed by atoms with van der Waals surface area (Å²) in [6.07, 6.45) is 2.87. The van der Waals surface area contributed by atoms with Crippen molar-refractivity contribution >= 4 is 5.78 Å². The summed E-state index contributed by atoms with van der Waals surface area (Å²) in [4.78, 5) is 12.3. The molecule has 1 aliphatic carbocycles. The lowest BCUT2D eigenvalue weighted by Gasteiger charge is -2.16. The Bertz CT molecular complexity index is 447. The van der Waals surface area contributed by atoms with Crippen LogP contribution in [0.15, 0.2) is 18.2 Å². The molecule has 1 aromatic rings. The molecule has 0 aromatic heterocycles. The largest absolute Gasteiger partial charge is 0.494 e. The first kappa shape index (κ1) is 13.0. The van der Waals surface area contributed by atoms with Gasteiger partial charge in [-0.05, 0) is 43.5 Å². The van der Waals surface area contributed by atoms with Crippen molar-refractivity contribution in [1.82, 2.24) is 0 Å². The van der Waals surface area contributed by atoms with Crippen LogP contribution in [0.1, 0.15) is 29.6 Å². The molecule has 1 aromatic carbocycles. The van der Waals surface area contributed by atoms with Gasteiger partial charge in [0.1, 0.15) is 0 Å². The number of ketones is 1. The highest BCUT2D eigenvalue weighted by Crippen LogP contribution is 2.34. The van der Waals surface area contributed by atoms with Crippen molar-refractivity contribution in [2.24, 2.45) is 17.6 Å². The van der Waals surface area contributed by atoms with E-state index in [9.17, 15) is 9.18 Å². The Morgan fingerprint density at radius 2 is 2.28 bits per heavy atom. The molecule has 0 amide bonds. The van der Waals surface area contributed by atoms with Gasteiger partial charge in [0.2, 0.25) is 0 Å². The molecule has 0 bridgehead atoms. The standard InChI is InChI=1S/C14H18FNO2/c1-18-13-6-5-9(7-12(13)15)14(17)11-4-2-3-10(11)8-16/h5-7,10-11H,2-4,8,16H2,1H3. The van der Waals surface area contributed by atoms with Gasteiger partial charge < -0.3 is 10.5 Å². The fourth-order valence-electron chi connectivity index (χ4n) is 2.70. The summed E-state index contributed by atoms with van der Waals surface area (Å²) >= 11 is 0. The highest BCUT2D eigenvalue weighted by molar-refractivity contribution is 5.98. The van der Waals surface area contributed by atoms with Gasteiger partial charge in [-0.15, -0.1) is 0 Å². The summed E-state index contributed by atoms with van der Waals surface area (Å²) in [6, 6.07) is 4.37. The van der Waals surface area contributed by atoms with E-state index in [-0.39, 0.29) is 23.4 Å². The van der Waals surface area contributed by atoms with Crippen LogP contribution in [-0.2, 0) is 0 Å². The summed E-state index contributed by atoms with van der Waals surface area (Å²) in [5.41, 5.74) is 6.08. The van der Waals surface area contributed by atoms with Gasteiger partial charge in [0.25, 0.3) is 0 Å². The minimum absolute atomic E-state index is 0.00417. The minimum atomic E-state index is -0.495. The van der Waals surface area contributed by atoms with Gasteiger partial charge in [-0.25, -0.2) is 4.39 Å². The topological polar surface area (TPSA) is 52.3 Å². The predicted molar refractivity (Wildman–Crippen MR) is 67.2 cm³/mol. The molecule has 2 atom stereocenters. The zero-order valence-electron chi connectivity index (χ0n) is 10.5. The fourth-order valence-corrected chi connectivity index (χ4v) is 2.70. The predicted octanol–water partition coefficient (Wildman–Crippen LogP) is 2.39. The van der Waals surface area contributed by atoms with Crippen molar-refractivity contribution in [2.45, 2.75) is 19.3 Å².